The monoisotopic (exact) mass is 570 g/mol. The molecule has 0 bridgehead atoms. The number of carbonyl (C=O) groups excluding carboxylic acids is 2. The lowest BCUT2D eigenvalue weighted by Crippen LogP contribution is -2.69. The van der Waals surface area contributed by atoms with E-state index in [2.05, 4.69) is 18.2 Å². The van der Waals surface area contributed by atoms with Gasteiger partial charge < -0.3 is 14.4 Å². The molecule has 4 aliphatic rings. The number of benzene rings is 3. The number of thioether (sulfide) groups is 1. The summed E-state index contributed by atoms with van der Waals surface area (Å²) in [6.45, 7) is 1.80. The van der Waals surface area contributed by atoms with E-state index in [0.29, 0.717) is 17.9 Å². The zero-order valence-corrected chi connectivity index (χ0v) is 23.8. The molecule has 0 aromatic heterocycles. The third kappa shape index (κ3) is 3.31. The van der Waals surface area contributed by atoms with Crippen LogP contribution in [0.3, 0.4) is 0 Å². The molecule has 2 saturated heterocycles. The molecular formula is C31H28N3O4S2-. The summed E-state index contributed by atoms with van der Waals surface area (Å²) in [7, 11) is 1.69. The number of hydrogen-bond acceptors (Lipinski definition) is 5. The standard InChI is InChI=1S/C31H29N3O4S2/c1-30-19-31(23-17-16-21-12-6-7-13-22(21)23)24-14-8-9-15-25(24)34(40(37)38)28(31)33(30)26(35)27(32(2)29(30)36)39-18-20-10-4-3-5-11-20/h3-15,17,27-28H,16,18-19H2,1-2H3,(H,37,38)/p-1/t27-,28-,30+,31-/m0/s1. The SMILES string of the molecule is CN1C(=O)[C@@]2(C)C[C@]3(C4=CCc5ccccc54)c4ccccc4N(S(=O)[O-])[C@@H]3N2C(=O)[C@@H]1SCc1ccccc1. The fraction of sp³-hybridized carbons (Fsp3) is 0.290. The largest absolute Gasteiger partial charge is 0.755 e. The van der Waals surface area contributed by atoms with Crippen LogP contribution in [0.2, 0.25) is 0 Å². The number of carbonyl (C=O) groups is 2. The molecule has 0 radical (unpaired) electrons. The molecule has 9 heteroatoms. The average Bonchev–Trinajstić information content (AvgIpc) is 3.59. The second kappa shape index (κ2) is 9.06. The molecule has 1 unspecified atom stereocenters. The maximum absolute atomic E-state index is 14.5. The molecule has 3 aromatic carbocycles. The number of hydrogen-bond donors (Lipinski definition) is 0. The van der Waals surface area contributed by atoms with Gasteiger partial charge in [-0.25, -0.2) is 0 Å². The van der Waals surface area contributed by atoms with Crippen LogP contribution in [0.15, 0.2) is 84.9 Å². The molecule has 1 aliphatic carbocycles. The summed E-state index contributed by atoms with van der Waals surface area (Å²) in [5.41, 5.74) is 3.51. The van der Waals surface area contributed by atoms with Crippen molar-refractivity contribution < 1.29 is 18.4 Å². The zero-order valence-electron chi connectivity index (χ0n) is 22.2. The van der Waals surface area contributed by atoms with Gasteiger partial charge in [-0.2, -0.15) is 0 Å². The topological polar surface area (TPSA) is 84.0 Å². The van der Waals surface area contributed by atoms with E-state index in [1.54, 1.807) is 29.8 Å². The molecular weight excluding hydrogens is 542 g/mol. The summed E-state index contributed by atoms with van der Waals surface area (Å²) in [4.78, 5) is 31.9. The van der Waals surface area contributed by atoms with Gasteiger partial charge in [0.15, 0.2) is 5.37 Å². The minimum absolute atomic E-state index is 0.174. The lowest BCUT2D eigenvalue weighted by molar-refractivity contribution is -0.162. The van der Waals surface area contributed by atoms with Gasteiger partial charge in [0.05, 0.1) is 11.1 Å². The van der Waals surface area contributed by atoms with Crippen molar-refractivity contribution in [2.45, 2.75) is 48.0 Å². The summed E-state index contributed by atoms with van der Waals surface area (Å²) in [5, 5.41) is -0.771. The second-order valence-corrected chi connectivity index (χ2v) is 13.0. The highest BCUT2D eigenvalue weighted by Crippen LogP contribution is 2.65. The lowest BCUT2D eigenvalue weighted by atomic mass is 9.68. The Labute approximate surface area is 240 Å². The van der Waals surface area contributed by atoms with Crippen LogP contribution in [0.5, 0.6) is 0 Å². The predicted molar refractivity (Wildman–Crippen MR) is 156 cm³/mol. The van der Waals surface area contributed by atoms with E-state index >= 15 is 0 Å². The van der Waals surface area contributed by atoms with Crippen LogP contribution in [0, 0.1) is 0 Å². The highest BCUT2D eigenvalue weighted by Gasteiger charge is 2.72. The van der Waals surface area contributed by atoms with Gasteiger partial charge in [-0.15, -0.1) is 11.8 Å². The van der Waals surface area contributed by atoms with Crippen molar-refractivity contribution in [1.82, 2.24) is 9.80 Å². The van der Waals surface area contributed by atoms with Crippen molar-refractivity contribution in [3.63, 3.8) is 0 Å². The Morgan fingerprint density at radius 1 is 1.00 bits per heavy atom. The Morgan fingerprint density at radius 3 is 2.48 bits per heavy atom. The molecule has 3 aliphatic heterocycles. The Morgan fingerprint density at radius 2 is 1.70 bits per heavy atom. The highest BCUT2D eigenvalue weighted by atomic mass is 32.2. The maximum atomic E-state index is 14.5. The van der Waals surface area contributed by atoms with Crippen LogP contribution in [-0.4, -0.2) is 54.5 Å². The molecule has 3 heterocycles. The van der Waals surface area contributed by atoms with Gasteiger partial charge in [0.2, 0.25) is 5.91 Å². The molecule has 2 amide bonds. The number of rotatable bonds is 5. The van der Waals surface area contributed by atoms with E-state index in [4.69, 9.17) is 0 Å². The second-order valence-electron chi connectivity index (χ2n) is 11.1. The van der Waals surface area contributed by atoms with Crippen LogP contribution >= 0.6 is 11.8 Å². The van der Waals surface area contributed by atoms with Crippen molar-refractivity contribution in [3.05, 3.63) is 107 Å². The number of amides is 2. The number of piperazine rings is 1. The maximum Gasteiger partial charge on any atom is 0.258 e. The first-order valence-corrected chi connectivity index (χ1v) is 15.4. The quantitative estimate of drug-likeness (QED) is 0.429. The Hall–Kier alpha value is -3.40. The zero-order chi connectivity index (χ0) is 27.8. The fourth-order valence-electron chi connectivity index (χ4n) is 7.42. The molecule has 3 aromatic rings. The minimum Gasteiger partial charge on any atom is -0.755 e. The van der Waals surface area contributed by atoms with E-state index in [1.165, 1.54) is 16.1 Å². The van der Waals surface area contributed by atoms with Crippen LogP contribution in [0.1, 0.15) is 35.6 Å². The molecule has 7 nitrogen and oxygen atoms in total. The fourth-order valence-corrected chi connectivity index (χ4v) is 9.29. The molecule has 0 N–H and O–H groups in total. The summed E-state index contributed by atoms with van der Waals surface area (Å²) >= 11 is -1.29. The smallest absolute Gasteiger partial charge is 0.258 e. The average molecular weight is 571 g/mol. The van der Waals surface area contributed by atoms with Gasteiger partial charge in [-0.05, 0) is 53.7 Å². The number of nitrogens with zero attached hydrogens (tertiary/aromatic N) is 3. The van der Waals surface area contributed by atoms with Crippen LogP contribution in [0.4, 0.5) is 5.69 Å². The van der Waals surface area contributed by atoms with E-state index in [9.17, 15) is 18.4 Å². The lowest BCUT2D eigenvalue weighted by Gasteiger charge is -2.49. The molecule has 40 heavy (non-hydrogen) atoms. The third-order valence-electron chi connectivity index (χ3n) is 8.99. The number of fused-ring (bicyclic) bond motifs is 6. The molecule has 2 fully saturated rings. The summed E-state index contributed by atoms with van der Waals surface area (Å²) in [5.74, 6) is 0.130. The van der Waals surface area contributed by atoms with Gasteiger partial charge in [-0.3, -0.25) is 18.1 Å². The molecule has 0 saturated carbocycles. The van der Waals surface area contributed by atoms with Crippen molar-refractivity contribution in [2.24, 2.45) is 0 Å². The summed E-state index contributed by atoms with van der Waals surface area (Å²) in [6.07, 6.45) is 2.28. The van der Waals surface area contributed by atoms with Gasteiger partial charge in [-0.1, -0.05) is 78.9 Å². The molecule has 7 rings (SSSR count). The van der Waals surface area contributed by atoms with Crippen molar-refractivity contribution in [3.8, 4) is 0 Å². The van der Waals surface area contributed by atoms with Crippen molar-refractivity contribution in [1.29, 1.82) is 0 Å². The first-order valence-electron chi connectivity index (χ1n) is 13.3. The normalized spacial score (nSPS) is 29.2. The molecule has 0 spiro atoms. The van der Waals surface area contributed by atoms with Crippen molar-refractivity contribution in [2.75, 3.05) is 11.4 Å². The van der Waals surface area contributed by atoms with E-state index in [0.717, 1.165) is 34.2 Å². The number of para-hydroxylation sites is 1. The van der Waals surface area contributed by atoms with Gasteiger partial charge in [0.1, 0.15) is 11.7 Å². The molecule has 204 valence electrons. The van der Waals surface area contributed by atoms with Gasteiger partial charge >= 0.3 is 0 Å². The first kappa shape index (κ1) is 25.6. The number of allylic oxidation sites excluding steroid dienone is 1. The number of anilines is 1. The van der Waals surface area contributed by atoms with Crippen LogP contribution in [-0.2, 0) is 38.4 Å². The Bertz CT molecular complexity index is 1610. The van der Waals surface area contributed by atoms with E-state index in [1.807, 2.05) is 60.7 Å². The summed E-state index contributed by atoms with van der Waals surface area (Å²) < 4.78 is 27.3. The minimum atomic E-state index is -2.68. The van der Waals surface area contributed by atoms with E-state index in [-0.39, 0.29) is 11.8 Å². The Kier molecular flexibility index (Phi) is 5.79. The third-order valence-corrected chi connectivity index (χ3v) is 11.0. The number of likely N-dealkylation sites (N-methyl/N-ethyl adjacent to an activating group) is 1. The van der Waals surface area contributed by atoms with Gasteiger partial charge in [0.25, 0.3) is 5.91 Å². The first-order chi connectivity index (χ1) is 19.3. The van der Waals surface area contributed by atoms with E-state index < -0.39 is 33.8 Å². The molecule has 5 atom stereocenters. The predicted octanol–water partition coefficient (Wildman–Crippen LogP) is 4.23. The van der Waals surface area contributed by atoms with Gasteiger partial charge in [0, 0.05) is 24.1 Å². The van der Waals surface area contributed by atoms with Crippen LogP contribution in [0.25, 0.3) is 5.57 Å². The van der Waals surface area contributed by atoms with Crippen LogP contribution < -0.4 is 4.31 Å². The summed E-state index contributed by atoms with van der Waals surface area (Å²) in [6, 6.07) is 25.4. The highest BCUT2D eigenvalue weighted by molar-refractivity contribution is 7.99. The Balaban J connectivity index is 1.40. The van der Waals surface area contributed by atoms with Crippen molar-refractivity contribution >= 4 is 46.1 Å².